The van der Waals surface area contributed by atoms with Crippen molar-refractivity contribution in [2.45, 2.75) is 26.9 Å². The molecule has 0 atom stereocenters. The number of benzene rings is 2. The zero-order valence-electron chi connectivity index (χ0n) is 16.7. The summed E-state index contributed by atoms with van der Waals surface area (Å²) in [6, 6.07) is 9.57. The molecule has 1 amide bonds. The summed E-state index contributed by atoms with van der Waals surface area (Å²) in [7, 11) is 0. The van der Waals surface area contributed by atoms with Gasteiger partial charge in [0.2, 0.25) is 0 Å². The van der Waals surface area contributed by atoms with E-state index in [-0.39, 0.29) is 18.3 Å². The quantitative estimate of drug-likeness (QED) is 0.458. The lowest BCUT2D eigenvalue weighted by molar-refractivity contribution is -0.122. The van der Waals surface area contributed by atoms with Crippen LogP contribution < -0.4 is 14.8 Å². The van der Waals surface area contributed by atoms with Crippen molar-refractivity contribution in [3.63, 3.8) is 0 Å². The second-order valence-corrected chi connectivity index (χ2v) is 7.42. The van der Waals surface area contributed by atoms with Crippen LogP contribution in [0.2, 0.25) is 5.02 Å². The highest BCUT2D eigenvalue weighted by Gasteiger charge is 2.29. The second kappa shape index (κ2) is 9.91. The van der Waals surface area contributed by atoms with Gasteiger partial charge in [0.15, 0.2) is 16.6 Å². The summed E-state index contributed by atoms with van der Waals surface area (Å²) >= 11 is 11.7. The number of carbonyl (C=O) groups excluding carboxylic acids is 1. The molecule has 0 unspecified atom stereocenters. The lowest BCUT2D eigenvalue weighted by atomic mass is 10.1. The number of carbonyl (C=O) groups is 1. The molecule has 2 aromatic rings. The minimum atomic E-state index is -0.335. The van der Waals surface area contributed by atoms with Crippen molar-refractivity contribution in [1.29, 1.82) is 0 Å². The molecule has 2 aromatic carbocycles. The van der Waals surface area contributed by atoms with Gasteiger partial charge in [-0.3, -0.25) is 9.69 Å². The lowest BCUT2D eigenvalue weighted by Crippen LogP contribution is -2.31. The van der Waals surface area contributed by atoms with Crippen molar-refractivity contribution < 1.29 is 18.7 Å². The number of amides is 1. The molecule has 30 heavy (non-hydrogen) atoms. The van der Waals surface area contributed by atoms with Crippen LogP contribution in [0.4, 0.5) is 4.39 Å². The van der Waals surface area contributed by atoms with E-state index < -0.39 is 0 Å². The molecule has 1 heterocycles. The fraction of sp³-hybridized carbons (Fsp3) is 0.273. The Hall–Kier alpha value is -2.64. The van der Waals surface area contributed by atoms with Gasteiger partial charge in [-0.05, 0) is 67.0 Å². The van der Waals surface area contributed by atoms with Crippen molar-refractivity contribution in [1.82, 2.24) is 10.2 Å². The lowest BCUT2D eigenvalue weighted by Gasteiger charge is -2.15. The first-order valence-corrected chi connectivity index (χ1v) is 10.4. The molecule has 0 saturated carbocycles. The Morgan fingerprint density at radius 3 is 2.73 bits per heavy atom. The summed E-state index contributed by atoms with van der Waals surface area (Å²) in [6.45, 7) is 4.92. The van der Waals surface area contributed by atoms with E-state index in [1.807, 2.05) is 13.8 Å². The molecule has 8 heteroatoms. The first-order chi connectivity index (χ1) is 14.4. The number of ether oxygens (including phenoxy) is 2. The highest BCUT2D eigenvalue weighted by Crippen LogP contribution is 2.38. The largest absolute Gasteiger partial charge is 0.490 e. The Kier molecular flexibility index (Phi) is 7.29. The average molecular weight is 449 g/mol. The van der Waals surface area contributed by atoms with E-state index in [0.29, 0.717) is 51.6 Å². The minimum Gasteiger partial charge on any atom is -0.490 e. The SMILES string of the molecule is CCCN1C(=O)/C(=C/c2cc(Cl)c(OCc3cccc(F)c3)c(OCC)c2)NC1=S. The summed E-state index contributed by atoms with van der Waals surface area (Å²) in [5.74, 6) is 0.283. The Balaban J connectivity index is 1.86. The van der Waals surface area contributed by atoms with E-state index in [9.17, 15) is 9.18 Å². The topological polar surface area (TPSA) is 50.8 Å². The molecule has 158 valence electrons. The fourth-order valence-electron chi connectivity index (χ4n) is 3.02. The van der Waals surface area contributed by atoms with Crippen molar-refractivity contribution in [3.8, 4) is 11.5 Å². The van der Waals surface area contributed by atoms with E-state index >= 15 is 0 Å². The molecule has 1 N–H and O–H groups in total. The molecule has 1 saturated heterocycles. The Morgan fingerprint density at radius 1 is 1.23 bits per heavy atom. The number of hydrogen-bond donors (Lipinski definition) is 1. The van der Waals surface area contributed by atoms with Crippen LogP contribution in [0, 0.1) is 5.82 Å². The van der Waals surface area contributed by atoms with Crippen LogP contribution >= 0.6 is 23.8 Å². The van der Waals surface area contributed by atoms with E-state index in [1.54, 1.807) is 30.3 Å². The highest BCUT2D eigenvalue weighted by molar-refractivity contribution is 7.80. The van der Waals surface area contributed by atoms with E-state index in [0.717, 1.165) is 6.42 Å². The van der Waals surface area contributed by atoms with Gasteiger partial charge in [-0.2, -0.15) is 0 Å². The Bertz CT molecular complexity index is 996. The van der Waals surface area contributed by atoms with E-state index in [2.05, 4.69) is 5.32 Å². The molecule has 1 fully saturated rings. The van der Waals surface area contributed by atoms with Crippen molar-refractivity contribution in [2.75, 3.05) is 13.2 Å². The maximum atomic E-state index is 13.4. The maximum absolute atomic E-state index is 13.4. The number of nitrogens with one attached hydrogen (secondary N) is 1. The number of thiocarbonyl (C=S) groups is 1. The highest BCUT2D eigenvalue weighted by atomic mass is 35.5. The second-order valence-electron chi connectivity index (χ2n) is 6.63. The maximum Gasteiger partial charge on any atom is 0.276 e. The predicted molar refractivity (Wildman–Crippen MR) is 119 cm³/mol. The molecule has 0 bridgehead atoms. The summed E-state index contributed by atoms with van der Waals surface area (Å²) in [5, 5.41) is 3.65. The van der Waals surface area contributed by atoms with Gasteiger partial charge in [0.05, 0.1) is 11.6 Å². The van der Waals surface area contributed by atoms with Crippen LogP contribution in [0.15, 0.2) is 42.1 Å². The zero-order chi connectivity index (χ0) is 21.7. The zero-order valence-corrected chi connectivity index (χ0v) is 18.3. The summed E-state index contributed by atoms with van der Waals surface area (Å²) in [4.78, 5) is 14.1. The average Bonchev–Trinajstić information content (AvgIpc) is 2.95. The van der Waals surface area contributed by atoms with Crippen LogP contribution in [0.1, 0.15) is 31.4 Å². The number of nitrogens with zero attached hydrogens (tertiary/aromatic N) is 1. The third-order valence-electron chi connectivity index (χ3n) is 4.32. The number of halogens is 2. The van der Waals surface area contributed by atoms with Gasteiger partial charge in [0.1, 0.15) is 18.1 Å². The smallest absolute Gasteiger partial charge is 0.276 e. The van der Waals surface area contributed by atoms with Crippen molar-refractivity contribution >= 4 is 40.9 Å². The molecular weight excluding hydrogens is 427 g/mol. The van der Waals surface area contributed by atoms with Crippen LogP contribution in [0.25, 0.3) is 6.08 Å². The Morgan fingerprint density at radius 2 is 2.03 bits per heavy atom. The van der Waals surface area contributed by atoms with Crippen LogP contribution in [-0.4, -0.2) is 29.1 Å². The Labute approximate surface area is 185 Å². The molecule has 1 aliphatic heterocycles. The van der Waals surface area contributed by atoms with Gasteiger partial charge in [-0.1, -0.05) is 30.7 Å². The molecule has 5 nitrogen and oxygen atoms in total. The van der Waals surface area contributed by atoms with Gasteiger partial charge >= 0.3 is 0 Å². The van der Waals surface area contributed by atoms with Gasteiger partial charge in [-0.25, -0.2) is 4.39 Å². The van der Waals surface area contributed by atoms with Gasteiger partial charge in [0.25, 0.3) is 5.91 Å². The predicted octanol–water partition coefficient (Wildman–Crippen LogP) is 4.92. The van der Waals surface area contributed by atoms with Crippen molar-refractivity contribution in [2.24, 2.45) is 0 Å². The van der Waals surface area contributed by atoms with Crippen molar-refractivity contribution in [3.05, 3.63) is 64.1 Å². The molecular formula is C22H22ClFN2O3S. The molecule has 0 aliphatic carbocycles. The summed E-state index contributed by atoms with van der Waals surface area (Å²) in [6.07, 6.45) is 2.48. The van der Waals surface area contributed by atoms with Gasteiger partial charge in [-0.15, -0.1) is 0 Å². The number of rotatable bonds is 8. The van der Waals surface area contributed by atoms with Gasteiger partial charge in [0, 0.05) is 6.54 Å². The molecule has 3 rings (SSSR count). The fourth-order valence-corrected chi connectivity index (χ4v) is 3.58. The summed E-state index contributed by atoms with van der Waals surface area (Å²) < 4.78 is 24.9. The molecule has 0 spiro atoms. The first kappa shape index (κ1) is 22.1. The third kappa shape index (κ3) is 5.09. The number of hydrogen-bond acceptors (Lipinski definition) is 4. The monoisotopic (exact) mass is 448 g/mol. The van der Waals surface area contributed by atoms with E-state index in [1.165, 1.54) is 17.0 Å². The normalized spacial score (nSPS) is 14.9. The molecule has 1 aliphatic rings. The minimum absolute atomic E-state index is 0.137. The van der Waals surface area contributed by atoms with Crippen LogP contribution in [-0.2, 0) is 11.4 Å². The van der Waals surface area contributed by atoms with Gasteiger partial charge < -0.3 is 14.8 Å². The van der Waals surface area contributed by atoms with Crippen LogP contribution in [0.5, 0.6) is 11.5 Å². The molecule has 0 radical (unpaired) electrons. The third-order valence-corrected chi connectivity index (χ3v) is 4.93. The standard InChI is InChI=1S/C22H22ClFN2O3S/c1-3-8-26-21(27)18(25-22(26)30)11-15-10-17(23)20(19(12-15)28-4-2)29-13-14-6-5-7-16(24)9-14/h5-7,9-12H,3-4,8,13H2,1-2H3,(H,25,30)/b18-11-. The molecule has 0 aromatic heterocycles. The summed E-state index contributed by atoms with van der Waals surface area (Å²) in [5.41, 5.74) is 1.71. The first-order valence-electron chi connectivity index (χ1n) is 9.61. The van der Waals surface area contributed by atoms with E-state index in [4.69, 9.17) is 33.3 Å². The van der Waals surface area contributed by atoms with Crippen LogP contribution in [0.3, 0.4) is 0 Å².